The van der Waals surface area contributed by atoms with Crippen LogP contribution in [0.25, 0.3) is 10.9 Å². The lowest BCUT2D eigenvalue weighted by molar-refractivity contribution is 0.0955. The first-order valence-corrected chi connectivity index (χ1v) is 7.19. The van der Waals surface area contributed by atoms with Gasteiger partial charge in [0.1, 0.15) is 5.69 Å². The number of primary amides is 1. The number of amides is 2. The summed E-state index contributed by atoms with van der Waals surface area (Å²) in [7, 11) is 1.51. The van der Waals surface area contributed by atoms with Crippen molar-refractivity contribution in [3.63, 3.8) is 0 Å². The average Bonchev–Trinajstić information content (AvgIpc) is 3.19. The third-order valence-electron chi connectivity index (χ3n) is 3.87. The maximum absolute atomic E-state index is 11.8. The van der Waals surface area contributed by atoms with E-state index in [2.05, 4.69) is 15.4 Å². The molecule has 7 nitrogen and oxygen atoms in total. The fourth-order valence-corrected chi connectivity index (χ4v) is 2.59. The van der Waals surface area contributed by atoms with Crippen molar-refractivity contribution in [3.8, 4) is 0 Å². The van der Waals surface area contributed by atoms with Crippen molar-refractivity contribution < 1.29 is 9.59 Å². The van der Waals surface area contributed by atoms with Crippen molar-refractivity contribution in [2.45, 2.75) is 13.0 Å². The minimum atomic E-state index is -0.623. The van der Waals surface area contributed by atoms with E-state index in [4.69, 9.17) is 5.73 Å². The van der Waals surface area contributed by atoms with Crippen LogP contribution in [0.1, 0.15) is 39.5 Å². The van der Waals surface area contributed by atoms with Crippen molar-refractivity contribution >= 4 is 22.7 Å². The van der Waals surface area contributed by atoms with Crippen LogP contribution >= 0.6 is 0 Å². The molecule has 4 N–H and O–H groups in total. The molecule has 0 saturated carbocycles. The van der Waals surface area contributed by atoms with E-state index < -0.39 is 5.91 Å². The van der Waals surface area contributed by atoms with Crippen LogP contribution in [0.2, 0.25) is 0 Å². The molecule has 0 fully saturated rings. The predicted molar refractivity (Wildman–Crippen MR) is 86.2 cm³/mol. The predicted octanol–water partition coefficient (Wildman–Crippen LogP) is 1.43. The van der Waals surface area contributed by atoms with Crippen molar-refractivity contribution in [1.29, 1.82) is 0 Å². The average molecular weight is 311 g/mol. The smallest absolute Gasteiger partial charge is 0.271 e. The second kappa shape index (κ2) is 5.60. The molecule has 0 aliphatic heterocycles. The molecule has 2 aromatic heterocycles. The van der Waals surface area contributed by atoms with Crippen LogP contribution in [0.3, 0.4) is 0 Å². The van der Waals surface area contributed by atoms with E-state index in [0.717, 1.165) is 16.5 Å². The van der Waals surface area contributed by atoms with E-state index in [1.54, 1.807) is 0 Å². The number of nitrogens with two attached hydrogens (primary N) is 1. The molecular formula is C16H17N5O2. The molecule has 1 atom stereocenters. The van der Waals surface area contributed by atoms with Gasteiger partial charge < -0.3 is 16.0 Å². The Morgan fingerprint density at radius 2 is 2.09 bits per heavy atom. The maximum atomic E-state index is 11.8. The minimum absolute atomic E-state index is 0.163. The number of hydrogen-bond acceptors (Lipinski definition) is 3. The largest absolute Gasteiger partial charge is 0.364 e. The lowest BCUT2D eigenvalue weighted by atomic mass is 10.1. The summed E-state index contributed by atoms with van der Waals surface area (Å²) >= 11 is 0. The highest BCUT2D eigenvalue weighted by atomic mass is 16.2. The number of nitrogens with zero attached hydrogens (tertiary/aromatic N) is 2. The molecule has 0 saturated heterocycles. The molecule has 7 heteroatoms. The summed E-state index contributed by atoms with van der Waals surface area (Å²) in [6.45, 7) is 1.90. The van der Waals surface area contributed by atoms with Gasteiger partial charge in [-0.1, -0.05) is 6.07 Å². The third-order valence-corrected chi connectivity index (χ3v) is 3.87. The van der Waals surface area contributed by atoms with Crippen molar-refractivity contribution in [2.24, 2.45) is 5.73 Å². The van der Waals surface area contributed by atoms with Gasteiger partial charge in [-0.05, 0) is 36.1 Å². The summed E-state index contributed by atoms with van der Waals surface area (Å²) in [5.41, 5.74) is 7.78. The molecule has 0 radical (unpaired) electrons. The topological polar surface area (TPSA) is 106 Å². The van der Waals surface area contributed by atoms with E-state index in [0.29, 0.717) is 0 Å². The Bertz CT molecular complexity index is 893. The normalized spacial score (nSPS) is 12.3. The van der Waals surface area contributed by atoms with Gasteiger partial charge in [0.2, 0.25) is 0 Å². The minimum Gasteiger partial charge on any atom is -0.364 e. The van der Waals surface area contributed by atoms with Gasteiger partial charge in [0, 0.05) is 24.8 Å². The summed E-state index contributed by atoms with van der Waals surface area (Å²) in [6, 6.07) is 9.08. The Kier molecular flexibility index (Phi) is 3.61. The number of benzene rings is 1. The highest BCUT2D eigenvalue weighted by Gasteiger charge is 2.21. The highest BCUT2D eigenvalue weighted by molar-refractivity contribution is 5.97. The number of fused-ring (bicyclic) bond motifs is 1. The molecule has 0 unspecified atom stereocenters. The van der Waals surface area contributed by atoms with E-state index in [-0.39, 0.29) is 23.3 Å². The molecule has 0 aliphatic carbocycles. The van der Waals surface area contributed by atoms with Crippen LogP contribution in [-0.4, -0.2) is 33.6 Å². The Labute approximate surface area is 132 Å². The van der Waals surface area contributed by atoms with Crippen LogP contribution in [-0.2, 0) is 0 Å². The number of nitrogens with one attached hydrogen (secondary N) is 2. The summed E-state index contributed by atoms with van der Waals surface area (Å²) in [5.74, 6) is -0.984. The molecule has 0 spiro atoms. The summed E-state index contributed by atoms with van der Waals surface area (Å²) < 4.78 is 1.49. The lowest BCUT2D eigenvalue weighted by Crippen LogP contribution is -2.21. The standard InChI is InChI=1S/C16H17N5O2/c1-9(10-3-4-12-11(7-10)5-6-19-12)21-14(15(17)22)8-13(20-21)16(23)18-2/h3-9,19H,1-2H3,(H2,17,22)(H,18,23)/t9-/m1/s1. The van der Waals surface area contributed by atoms with E-state index >= 15 is 0 Å². The first-order chi connectivity index (χ1) is 11.0. The fraction of sp³-hybridized carbons (Fsp3) is 0.188. The molecule has 2 heterocycles. The van der Waals surface area contributed by atoms with Gasteiger partial charge in [0.05, 0.1) is 6.04 Å². The third kappa shape index (κ3) is 2.57. The number of carbonyl (C=O) groups excluding carboxylic acids is 2. The van der Waals surface area contributed by atoms with E-state index in [1.165, 1.54) is 17.8 Å². The van der Waals surface area contributed by atoms with Gasteiger partial charge >= 0.3 is 0 Å². The molecule has 118 valence electrons. The van der Waals surface area contributed by atoms with Crippen LogP contribution in [0.5, 0.6) is 0 Å². The number of aromatic nitrogens is 3. The molecule has 1 aromatic carbocycles. The van der Waals surface area contributed by atoms with Crippen molar-refractivity contribution in [1.82, 2.24) is 20.1 Å². The number of carbonyl (C=O) groups is 2. The summed E-state index contributed by atoms with van der Waals surface area (Å²) in [4.78, 5) is 26.6. The Morgan fingerprint density at radius 3 is 2.78 bits per heavy atom. The van der Waals surface area contributed by atoms with Crippen LogP contribution in [0, 0.1) is 0 Å². The molecule has 3 aromatic rings. The van der Waals surface area contributed by atoms with Crippen LogP contribution < -0.4 is 11.1 Å². The molecule has 23 heavy (non-hydrogen) atoms. The fourth-order valence-electron chi connectivity index (χ4n) is 2.59. The maximum Gasteiger partial charge on any atom is 0.271 e. The Balaban J connectivity index is 2.06. The SMILES string of the molecule is CNC(=O)c1cc(C(N)=O)n([C@H](C)c2ccc3[nH]ccc3c2)n1. The quantitative estimate of drug-likeness (QED) is 0.678. The zero-order valence-corrected chi connectivity index (χ0v) is 12.8. The second-order valence-corrected chi connectivity index (χ2v) is 5.30. The molecule has 3 rings (SSSR count). The molecule has 0 aliphatic rings. The Morgan fingerprint density at radius 1 is 1.30 bits per heavy atom. The first kappa shape index (κ1) is 14.8. The second-order valence-electron chi connectivity index (χ2n) is 5.30. The number of aromatic amines is 1. The van der Waals surface area contributed by atoms with Crippen molar-refractivity contribution in [3.05, 3.63) is 53.5 Å². The van der Waals surface area contributed by atoms with Gasteiger partial charge in [0.15, 0.2) is 5.69 Å². The van der Waals surface area contributed by atoms with Crippen molar-refractivity contribution in [2.75, 3.05) is 7.05 Å². The number of rotatable bonds is 4. The Hall–Kier alpha value is -3.09. The number of H-pyrrole nitrogens is 1. The highest BCUT2D eigenvalue weighted by Crippen LogP contribution is 2.23. The molecule has 2 amide bonds. The van der Waals surface area contributed by atoms with Gasteiger partial charge in [-0.25, -0.2) is 0 Å². The summed E-state index contributed by atoms with van der Waals surface area (Å²) in [6.07, 6.45) is 1.87. The van der Waals surface area contributed by atoms with Gasteiger partial charge in [-0.3, -0.25) is 14.3 Å². The zero-order chi connectivity index (χ0) is 16.6. The zero-order valence-electron chi connectivity index (χ0n) is 12.8. The summed E-state index contributed by atoms with van der Waals surface area (Å²) in [5, 5.41) is 7.79. The first-order valence-electron chi connectivity index (χ1n) is 7.19. The van der Waals surface area contributed by atoms with Crippen LogP contribution in [0.4, 0.5) is 0 Å². The van der Waals surface area contributed by atoms with E-state index in [9.17, 15) is 9.59 Å². The van der Waals surface area contributed by atoms with Crippen LogP contribution in [0.15, 0.2) is 36.5 Å². The van der Waals surface area contributed by atoms with Gasteiger partial charge in [0.25, 0.3) is 11.8 Å². The van der Waals surface area contributed by atoms with E-state index in [1.807, 2.05) is 37.4 Å². The monoisotopic (exact) mass is 311 g/mol. The molecule has 0 bridgehead atoms. The molecular weight excluding hydrogens is 294 g/mol. The van der Waals surface area contributed by atoms with Gasteiger partial charge in [-0.15, -0.1) is 0 Å². The lowest BCUT2D eigenvalue weighted by Gasteiger charge is -2.15. The van der Waals surface area contributed by atoms with Gasteiger partial charge in [-0.2, -0.15) is 5.10 Å². The number of hydrogen-bond donors (Lipinski definition) is 3.